The molecule has 6 nitrogen and oxygen atoms in total. The summed E-state index contributed by atoms with van der Waals surface area (Å²) in [6, 6.07) is 13.3. The highest BCUT2D eigenvalue weighted by Gasteiger charge is 2.16. The second-order valence-corrected chi connectivity index (χ2v) is 5.87. The molecule has 0 aliphatic carbocycles. The van der Waals surface area contributed by atoms with Crippen LogP contribution in [0.25, 0.3) is 22.2 Å². The van der Waals surface area contributed by atoms with Crippen molar-refractivity contribution in [2.45, 2.75) is 13.5 Å². The van der Waals surface area contributed by atoms with Gasteiger partial charge in [0.2, 0.25) is 0 Å². The summed E-state index contributed by atoms with van der Waals surface area (Å²) in [5, 5.41) is 3.61. The van der Waals surface area contributed by atoms with Crippen LogP contribution in [-0.2, 0) is 11.3 Å². The molecule has 0 saturated heterocycles. The maximum Gasteiger partial charge on any atom is 0.412 e. The number of carbonyl (C=O) groups is 1. The van der Waals surface area contributed by atoms with Crippen LogP contribution in [0.3, 0.4) is 0 Å². The Morgan fingerprint density at radius 2 is 2.00 bits per heavy atom. The average Bonchev–Trinajstić information content (AvgIpc) is 2.98. The number of aromatic nitrogens is 1. The SMILES string of the molecule is C#CCOC(=O)Nc1ccc(-c2c(N)c3ccc(OC)cc3n2CC)cc1. The van der Waals surface area contributed by atoms with Gasteiger partial charge >= 0.3 is 6.09 Å². The molecule has 0 aliphatic rings. The Kier molecular flexibility index (Phi) is 5.23. The average molecular weight is 363 g/mol. The van der Waals surface area contributed by atoms with Gasteiger partial charge in [0.25, 0.3) is 0 Å². The van der Waals surface area contributed by atoms with Crippen LogP contribution in [0.4, 0.5) is 16.2 Å². The Morgan fingerprint density at radius 3 is 2.63 bits per heavy atom. The topological polar surface area (TPSA) is 78.5 Å². The largest absolute Gasteiger partial charge is 0.497 e. The lowest BCUT2D eigenvalue weighted by atomic mass is 10.1. The third kappa shape index (κ3) is 3.53. The first-order valence-corrected chi connectivity index (χ1v) is 8.52. The molecule has 27 heavy (non-hydrogen) atoms. The van der Waals surface area contributed by atoms with Crippen molar-refractivity contribution >= 4 is 28.4 Å². The number of terminal acetylenes is 1. The Balaban J connectivity index is 1.96. The van der Waals surface area contributed by atoms with Crippen LogP contribution < -0.4 is 15.8 Å². The number of nitrogens with zero attached hydrogens (tertiary/aromatic N) is 1. The van der Waals surface area contributed by atoms with Gasteiger partial charge in [0.15, 0.2) is 6.61 Å². The Labute approximate surface area is 157 Å². The number of amides is 1. The number of nitrogens with two attached hydrogens (primary N) is 1. The lowest BCUT2D eigenvalue weighted by molar-refractivity contribution is 0.176. The number of rotatable bonds is 5. The van der Waals surface area contributed by atoms with Crippen LogP contribution in [0.5, 0.6) is 5.75 Å². The lowest BCUT2D eigenvalue weighted by Gasteiger charge is -2.10. The van der Waals surface area contributed by atoms with Crippen LogP contribution in [-0.4, -0.2) is 24.4 Å². The Bertz CT molecular complexity index is 1010. The minimum absolute atomic E-state index is 0.0689. The summed E-state index contributed by atoms with van der Waals surface area (Å²) in [5.41, 5.74) is 10.7. The Morgan fingerprint density at radius 1 is 1.26 bits per heavy atom. The van der Waals surface area contributed by atoms with Crippen molar-refractivity contribution in [3.63, 3.8) is 0 Å². The molecule has 1 aromatic heterocycles. The number of aryl methyl sites for hydroxylation is 1. The van der Waals surface area contributed by atoms with Crippen LogP contribution in [0, 0.1) is 12.3 Å². The molecule has 3 N–H and O–H groups in total. The fourth-order valence-electron chi connectivity index (χ4n) is 3.10. The van der Waals surface area contributed by atoms with E-state index in [0.717, 1.165) is 34.5 Å². The number of fused-ring (bicyclic) bond motifs is 1. The van der Waals surface area contributed by atoms with Crippen LogP contribution in [0.15, 0.2) is 42.5 Å². The molecule has 2 aromatic carbocycles. The third-order valence-electron chi connectivity index (χ3n) is 4.32. The van der Waals surface area contributed by atoms with Crippen molar-refractivity contribution < 1.29 is 14.3 Å². The maximum atomic E-state index is 11.6. The van der Waals surface area contributed by atoms with E-state index >= 15 is 0 Å². The van der Waals surface area contributed by atoms with E-state index < -0.39 is 6.09 Å². The number of hydrogen-bond donors (Lipinski definition) is 2. The smallest absolute Gasteiger partial charge is 0.412 e. The fourth-order valence-corrected chi connectivity index (χ4v) is 3.10. The molecule has 3 rings (SSSR count). The van der Waals surface area contributed by atoms with E-state index in [1.165, 1.54) is 0 Å². The molecule has 0 fully saturated rings. The van der Waals surface area contributed by atoms with Crippen molar-refractivity contribution in [2.24, 2.45) is 0 Å². The molecule has 0 bridgehead atoms. The monoisotopic (exact) mass is 363 g/mol. The number of methoxy groups -OCH3 is 1. The predicted molar refractivity (Wildman–Crippen MR) is 108 cm³/mol. The van der Waals surface area contributed by atoms with Crippen LogP contribution in [0.2, 0.25) is 0 Å². The molecule has 0 saturated carbocycles. The van der Waals surface area contributed by atoms with Gasteiger partial charge in [0.05, 0.1) is 24.0 Å². The molecule has 6 heteroatoms. The zero-order chi connectivity index (χ0) is 19.4. The summed E-state index contributed by atoms with van der Waals surface area (Å²) in [4.78, 5) is 11.6. The van der Waals surface area contributed by atoms with E-state index in [1.807, 2.05) is 30.3 Å². The van der Waals surface area contributed by atoms with Crippen molar-refractivity contribution in [1.82, 2.24) is 4.57 Å². The number of carbonyl (C=O) groups excluding carboxylic acids is 1. The second kappa shape index (κ2) is 7.75. The molecule has 0 aliphatic heterocycles. The standard InChI is InChI=1S/C21H21N3O3/c1-4-12-27-21(25)23-15-8-6-14(7-9-15)20-19(22)17-11-10-16(26-3)13-18(17)24(20)5-2/h1,6-11,13H,5,12,22H2,2-3H3,(H,23,25). The van der Waals surface area contributed by atoms with Crippen molar-refractivity contribution in [3.05, 3.63) is 42.5 Å². The van der Waals surface area contributed by atoms with Crippen molar-refractivity contribution in [3.8, 4) is 29.4 Å². The fraction of sp³-hybridized carbons (Fsp3) is 0.190. The number of benzene rings is 2. The lowest BCUT2D eigenvalue weighted by Crippen LogP contribution is -2.13. The summed E-state index contributed by atoms with van der Waals surface area (Å²) >= 11 is 0. The minimum atomic E-state index is -0.588. The summed E-state index contributed by atoms with van der Waals surface area (Å²) in [6.45, 7) is 2.76. The molecule has 1 amide bonds. The quantitative estimate of drug-likeness (QED) is 0.669. The van der Waals surface area contributed by atoms with Gasteiger partial charge in [-0.05, 0) is 31.2 Å². The van der Waals surface area contributed by atoms with Crippen molar-refractivity contribution in [2.75, 3.05) is 24.8 Å². The number of hydrogen-bond acceptors (Lipinski definition) is 4. The van der Waals surface area contributed by atoms with Gasteiger partial charge in [-0.25, -0.2) is 4.79 Å². The maximum absolute atomic E-state index is 11.6. The normalized spacial score (nSPS) is 10.4. The number of anilines is 2. The first-order valence-electron chi connectivity index (χ1n) is 8.52. The van der Waals surface area contributed by atoms with Gasteiger partial charge in [0, 0.05) is 29.2 Å². The van der Waals surface area contributed by atoms with E-state index in [1.54, 1.807) is 19.2 Å². The first kappa shape index (κ1) is 18.2. The zero-order valence-electron chi connectivity index (χ0n) is 15.3. The summed E-state index contributed by atoms with van der Waals surface area (Å²) in [6.07, 6.45) is 4.48. The highest BCUT2D eigenvalue weighted by molar-refractivity contribution is 6.01. The second-order valence-electron chi connectivity index (χ2n) is 5.87. The summed E-state index contributed by atoms with van der Waals surface area (Å²) < 4.78 is 12.3. The van der Waals surface area contributed by atoms with Crippen molar-refractivity contribution in [1.29, 1.82) is 0 Å². The van der Waals surface area contributed by atoms with Gasteiger partial charge in [0.1, 0.15) is 5.75 Å². The van der Waals surface area contributed by atoms with E-state index in [9.17, 15) is 4.79 Å². The molecule has 3 aromatic rings. The molecule has 1 heterocycles. The highest BCUT2D eigenvalue weighted by Crippen LogP contribution is 2.37. The van der Waals surface area contributed by atoms with Gasteiger partial charge in [-0.15, -0.1) is 6.42 Å². The van der Waals surface area contributed by atoms with Gasteiger partial charge in [-0.2, -0.15) is 0 Å². The van der Waals surface area contributed by atoms with Gasteiger partial charge in [-0.3, -0.25) is 5.32 Å². The number of ether oxygens (including phenoxy) is 2. The molecule has 0 unspecified atom stereocenters. The van der Waals surface area contributed by atoms with E-state index in [0.29, 0.717) is 11.4 Å². The summed E-state index contributed by atoms with van der Waals surface area (Å²) in [7, 11) is 1.64. The molecule has 0 spiro atoms. The number of nitrogen functional groups attached to an aromatic ring is 1. The molecule has 0 radical (unpaired) electrons. The van der Waals surface area contributed by atoms with Gasteiger partial charge < -0.3 is 19.8 Å². The minimum Gasteiger partial charge on any atom is -0.497 e. The molecule has 0 atom stereocenters. The third-order valence-corrected chi connectivity index (χ3v) is 4.32. The zero-order valence-corrected chi connectivity index (χ0v) is 15.3. The van der Waals surface area contributed by atoms with Crippen LogP contribution in [0.1, 0.15) is 6.92 Å². The first-order chi connectivity index (χ1) is 13.1. The van der Waals surface area contributed by atoms with E-state index in [4.69, 9.17) is 21.6 Å². The van der Waals surface area contributed by atoms with E-state index in [-0.39, 0.29) is 6.61 Å². The molecular weight excluding hydrogens is 342 g/mol. The Hall–Kier alpha value is -3.59. The summed E-state index contributed by atoms with van der Waals surface area (Å²) in [5.74, 6) is 3.03. The molecule has 138 valence electrons. The predicted octanol–water partition coefficient (Wildman–Crippen LogP) is 4.10. The van der Waals surface area contributed by atoms with Gasteiger partial charge in [-0.1, -0.05) is 18.1 Å². The highest BCUT2D eigenvalue weighted by atomic mass is 16.5. The van der Waals surface area contributed by atoms with Crippen LogP contribution >= 0.6 is 0 Å². The van der Waals surface area contributed by atoms with E-state index in [2.05, 4.69) is 22.7 Å². The number of nitrogens with one attached hydrogen (secondary N) is 1. The molecular formula is C21H21N3O3.